The summed E-state index contributed by atoms with van der Waals surface area (Å²) in [4.78, 5) is 18.9. The molecule has 0 N–H and O–H groups in total. The number of fused-ring (bicyclic) bond motifs is 1. The molecular formula is C16H11N3O2. The number of pyridine rings is 1. The summed E-state index contributed by atoms with van der Waals surface area (Å²) in [6.07, 6.45) is 3.27. The zero-order chi connectivity index (χ0) is 14.7. The smallest absolute Gasteiger partial charge is 0.258 e. The van der Waals surface area contributed by atoms with Gasteiger partial charge in [-0.25, -0.2) is 0 Å². The van der Waals surface area contributed by atoms with E-state index in [1.165, 1.54) is 12.1 Å². The fourth-order valence-corrected chi connectivity index (χ4v) is 2.00. The summed E-state index contributed by atoms with van der Waals surface area (Å²) in [5, 5.41) is 11.7. The van der Waals surface area contributed by atoms with Crippen LogP contribution in [0.2, 0.25) is 0 Å². The number of nitro groups is 1. The number of benzene rings is 2. The molecule has 0 bridgehead atoms. The van der Waals surface area contributed by atoms with Crippen molar-refractivity contribution in [1.82, 2.24) is 4.98 Å². The normalized spacial score (nSPS) is 11.0. The first-order valence-corrected chi connectivity index (χ1v) is 6.36. The monoisotopic (exact) mass is 277 g/mol. The van der Waals surface area contributed by atoms with E-state index in [9.17, 15) is 10.1 Å². The number of rotatable bonds is 3. The molecular weight excluding hydrogens is 266 g/mol. The molecule has 3 aromatic rings. The third-order valence-corrected chi connectivity index (χ3v) is 3.02. The number of hydrogen-bond acceptors (Lipinski definition) is 4. The van der Waals surface area contributed by atoms with E-state index in [-0.39, 0.29) is 5.69 Å². The van der Waals surface area contributed by atoms with Gasteiger partial charge in [0.1, 0.15) is 0 Å². The van der Waals surface area contributed by atoms with Crippen LogP contribution in [0.25, 0.3) is 10.9 Å². The van der Waals surface area contributed by atoms with Crippen LogP contribution in [-0.4, -0.2) is 16.1 Å². The Morgan fingerprint density at radius 3 is 2.81 bits per heavy atom. The van der Waals surface area contributed by atoms with Gasteiger partial charge in [-0.1, -0.05) is 30.3 Å². The Balaban J connectivity index is 1.90. The van der Waals surface area contributed by atoms with Gasteiger partial charge < -0.3 is 0 Å². The van der Waals surface area contributed by atoms with E-state index in [4.69, 9.17) is 0 Å². The molecule has 3 rings (SSSR count). The van der Waals surface area contributed by atoms with Crippen LogP contribution in [0.5, 0.6) is 0 Å². The number of hydrogen-bond donors (Lipinski definition) is 0. The molecule has 5 nitrogen and oxygen atoms in total. The van der Waals surface area contributed by atoms with Crippen molar-refractivity contribution in [3.8, 4) is 0 Å². The van der Waals surface area contributed by atoms with Crippen molar-refractivity contribution in [2.45, 2.75) is 0 Å². The fourth-order valence-electron chi connectivity index (χ4n) is 2.00. The van der Waals surface area contributed by atoms with Crippen LogP contribution in [0.3, 0.4) is 0 Å². The summed E-state index contributed by atoms with van der Waals surface area (Å²) in [7, 11) is 0. The second-order valence-corrected chi connectivity index (χ2v) is 4.50. The lowest BCUT2D eigenvalue weighted by Gasteiger charge is -1.98. The van der Waals surface area contributed by atoms with Crippen LogP contribution in [0.15, 0.2) is 65.8 Å². The van der Waals surface area contributed by atoms with E-state index in [1.807, 2.05) is 30.3 Å². The number of para-hydroxylation sites is 1. The fraction of sp³-hybridized carbons (Fsp3) is 0. The highest BCUT2D eigenvalue weighted by Crippen LogP contribution is 2.19. The molecule has 1 aromatic heterocycles. The Labute approximate surface area is 120 Å². The molecule has 0 spiro atoms. The van der Waals surface area contributed by atoms with Crippen molar-refractivity contribution in [3.63, 3.8) is 0 Å². The first kappa shape index (κ1) is 12.9. The van der Waals surface area contributed by atoms with Crippen LogP contribution in [-0.2, 0) is 0 Å². The van der Waals surface area contributed by atoms with E-state index in [2.05, 4.69) is 9.98 Å². The first-order valence-electron chi connectivity index (χ1n) is 6.36. The van der Waals surface area contributed by atoms with Crippen molar-refractivity contribution in [3.05, 3.63) is 76.5 Å². The molecule has 0 saturated heterocycles. The van der Waals surface area contributed by atoms with Gasteiger partial charge in [0.2, 0.25) is 0 Å². The maximum absolute atomic E-state index is 10.7. The van der Waals surface area contributed by atoms with E-state index >= 15 is 0 Å². The van der Waals surface area contributed by atoms with Gasteiger partial charge in [0.05, 0.1) is 22.3 Å². The molecule has 5 heteroatoms. The van der Waals surface area contributed by atoms with Gasteiger partial charge in [0.25, 0.3) is 5.69 Å². The molecule has 2 aromatic carbocycles. The first-order chi connectivity index (χ1) is 10.2. The lowest BCUT2D eigenvalue weighted by molar-refractivity contribution is -0.384. The van der Waals surface area contributed by atoms with E-state index < -0.39 is 4.92 Å². The molecule has 0 aliphatic heterocycles. The highest BCUT2D eigenvalue weighted by atomic mass is 16.6. The number of aliphatic imine (C=N–C) groups is 1. The second-order valence-electron chi connectivity index (χ2n) is 4.50. The van der Waals surface area contributed by atoms with Crippen molar-refractivity contribution < 1.29 is 4.92 Å². The minimum absolute atomic E-state index is 0.0515. The van der Waals surface area contributed by atoms with Crippen molar-refractivity contribution in [2.75, 3.05) is 0 Å². The third kappa shape index (κ3) is 2.92. The van der Waals surface area contributed by atoms with Crippen LogP contribution in [0.4, 0.5) is 11.4 Å². The summed E-state index contributed by atoms with van der Waals surface area (Å²) in [6.45, 7) is 0. The Kier molecular flexibility index (Phi) is 3.39. The average molecular weight is 277 g/mol. The van der Waals surface area contributed by atoms with Crippen molar-refractivity contribution in [1.29, 1.82) is 0 Å². The summed E-state index contributed by atoms with van der Waals surface area (Å²) >= 11 is 0. The maximum Gasteiger partial charge on any atom is 0.270 e. The number of aromatic nitrogens is 1. The third-order valence-electron chi connectivity index (χ3n) is 3.02. The predicted molar refractivity (Wildman–Crippen MR) is 82.1 cm³/mol. The van der Waals surface area contributed by atoms with E-state index in [1.54, 1.807) is 24.5 Å². The van der Waals surface area contributed by atoms with Gasteiger partial charge >= 0.3 is 0 Å². The Morgan fingerprint density at radius 2 is 1.95 bits per heavy atom. The van der Waals surface area contributed by atoms with Gasteiger partial charge in [-0.15, -0.1) is 0 Å². The summed E-state index contributed by atoms with van der Waals surface area (Å²) in [5.41, 5.74) is 2.35. The van der Waals surface area contributed by atoms with Gasteiger partial charge in [-0.05, 0) is 17.7 Å². The van der Waals surface area contributed by atoms with Crippen LogP contribution in [0, 0.1) is 10.1 Å². The molecule has 0 atom stereocenters. The SMILES string of the molecule is O=[N+]([O-])c1cccc(C=Nc2cnc3ccccc3c2)c1. The highest BCUT2D eigenvalue weighted by Gasteiger charge is 2.04. The zero-order valence-corrected chi connectivity index (χ0v) is 11.0. The van der Waals surface area contributed by atoms with Gasteiger partial charge in [0.15, 0.2) is 0 Å². The molecule has 0 aliphatic carbocycles. The maximum atomic E-state index is 10.7. The lowest BCUT2D eigenvalue weighted by atomic mass is 10.2. The quantitative estimate of drug-likeness (QED) is 0.414. The summed E-state index contributed by atoms with van der Waals surface area (Å²) < 4.78 is 0. The summed E-state index contributed by atoms with van der Waals surface area (Å²) in [5.74, 6) is 0. The molecule has 0 radical (unpaired) electrons. The van der Waals surface area contributed by atoms with Gasteiger partial charge in [-0.3, -0.25) is 20.1 Å². The second kappa shape index (κ2) is 5.50. The number of non-ortho nitro benzene ring substituents is 1. The van der Waals surface area contributed by atoms with Crippen molar-refractivity contribution >= 4 is 28.5 Å². The largest absolute Gasteiger partial charge is 0.270 e. The lowest BCUT2D eigenvalue weighted by Crippen LogP contribution is -1.89. The number of nitrogens with zero attached hydrogens (tertiary/aromatic N) is 3. The minimum atomic E-state index is -0.422. The van der Waals surface area contributed by atoms with Crippen molar-refractivity contribution in [2.24, 2.45) is 4.99 Å². The molecule has 0 unspecified atom stereocenters. The van der Waals surface area contributed by atoms with Crippen LogP contribution >= 0.6 is 0 Å². The van der Waals surface area contributed by atoms with Crippen LogP contribution in [0.1, 0.15) is 5.56 Å². The minimum Gasteiger partial charge on any atom is -0.258 e. The molecule has 102 valence electrons. The summed E-state index contributed by atoms with van der Waals surface area (Å²) in [6, 6.07) is 16.0. The van der Waals surface area contributed by atoms with Gasteiger partial charge in [-0.2, -0.15) is 0 Å². The zero-order valence-electron chi connectivity index (χ0n) is 11.0. The van der Waals surface area contributed by atoms with E-state index in [0.29, 0.717) is 11.3 Å². The molecule has 0 saturated carbocycles. The topological polar surface area (TPSA) is 68.4 Å². The predicted octanol–water partition coefficient (Wildman–Crippen LogP) is 3.89. The molecule has 1 heterocycles. The molecule has 0 amide bonds. The van der Waals surface area contributed by atoms with Crippen LogP contribution < -0.4 is 0 Å². The molecule has 21 heavy (non-hydrogen) atoms. The average Bonchev–Trinajstić information content (AvgIpc) is 2.53. The Hall–Kier alpha value is -3.08. The Bertz CT molecular complexity index is 844. The number of nitro benzene ring substituents is 1. The van der Waals surface area contributed by atoms with E-state index in [0.717, 1.165) is 10.9 Å². The standard InChI is InChI=1S/C16H11N3O2/c20-19(21)15-6-3-4-12(8-15)10-17-14-9-13-5-1-2-7-16(13)18-11-14/h1-11H. The highest BCUT2D eigenvalue weighted by molar-refractivity contribution is 5.85. The molecule has 0 fully saturated rings. The van der Waals surface area contributed by atoms with Gasteiger partial charge in [0, 0.05) is 23.7 Å². The molecule has 0 aliphatic rings. The Morgan fingerprint density at radius 1 is 1.10 bits per heavy atom.